The van der Waals surface area contributed by atoms with Crippen molar-refractivity contribution in [3.05, 3.63) is 36.5 Å². The number of amides is 1. The normalized spacial score (nSPS) is 43.4. The van der Waals surface area contributed by atoms with Gasteiger partial charge in [0.2, 0.25) is 5.91 Å². The van der Waals surface area contributed by atoms with E-state index in [2.05, 4.69) is 18.8 Å². The molecule has 1 amide bonds. The molecular formula is C13H18N2O. The molecule has 0 aromatic carbocycles. The molecule has 0 aromatic rings. The van der Waals surface area contributed by atoms with E-state index >= 15 is 0 Å². The highest BCUT2D eigenvalue weighted by atomic mass is 16.2. The summed E-state index contributed by atoms with van der Waals surface area (Å²) in [6.07, 6.45) is 9.13. The van der Waals surface area contributed by atoms with Crippen molar-refractivity contribution in [3.8, 4) is 0 Å². The molecule has 16 heavy (non-hydrogen) atoms. The fourth-order valence-electron chi connectivity index (χ4n) is 2.37. The molecule has 0 aromatic heterocycles. The molecular weight excluding hydrogens is 200 g/mol. The van der Waals surface area contributed by atoms with E-state index in [-0.39, 0.29) is 11.9 Å². The molecule has 3 atom stereocenters. The van der Waals surface area contributed by atoms with Crippen LogP contribution in [0.2, 0.25) is 0 Å². The standard InChI is InChI=1S/C13H18N2O/c1-3-10-5-4-6-13(14)8-11(9(2)7-10)15-12(13)16/h3-6,9,11H,1,7-8,14H2,2H3,(H,15,16)/b6-4-,10-5+/t9?,11?,13-/m0/s1. The van der Waals surface area contributed by atoms with Gasteiger partial charge >= 0.3 is 0 Å². The number of nitrogens with one attached hydrogen (secondary N) is 1. The molecule has 3 nitrogen and oxygen atoms in total. The lowest BCUT2D eigenvalue weighted by Gasteiger charge is -2.19. The maximum absolute atomic E-state index is 11.8. The quantitative estimate of drug-likeness (QED) is 0.696. The van der Waals surface area contributed by atoms with Crippen LogP contribution in [0.1, 0.15) is 19.8 Å². The lowest BCUT2D eigenvalue weighted by molar-refractivity contribution is -0.122. The van der Waals surface area contributed by atoms with Gasteiger partial charge in [0.05, 0.1) is 0 Å². The maximum Gasteiger partial charge on any atom is 0.244 e. The molecule has 1 fully saturated rings. The van der Waals surface area contributed by atoms with Gasteiger partial charge in [-0.05, 0) is 24.3 Å². The summed E-state index contributed by atoms with van der Waals surface area (Å²) in [6, 6.07) is 0.170. The lowest BCUT2D eigenvalue weighted by atomic mass is 9.89. The van der Waals surface area contributed by atoms with Gasteiger partial charge in [0, 0.05) is 6.04 Å². The SMILES string of the molecule is C=C/C1=C\C=C/[C@]2(N)CC(NC2=O)C(C)C1. The van der Waals surface area contributed by atoms with Gasteiger partial charge in [-0.15, -0.1) is 0 Å². The number of fused-ring (bicyclic) bond motifs is 2. The molecule has 86 valence electrons. The summed E-state index contributed by atoms with van der Waals surface area (Å²) in [5, 5.41) is 2.98. The van der Waals surface area contributed by atoms with Crippen LogP contribution >= 0.6 is 0 Å². The van der Waals surface area contributed by atoms with E-state index in [0.29, 0.717) is 12.3 Å². The molecule has 2 aliphatic rings. The summed E-state index contributed by atoms with van der Waals surface area (Å²) in [5.74, 6) is 0.328. The summed E-state index contributed by atoms with van der Waals surface area (Å²) in [7, 11) is 0. The number of carbonyl (C=O) groups excluding carboxylic acids is 1. The van der Waals surface area contributed by atoms with Crippen molar-refractivity contribution in [2.24, 2.45) is 11.7 Å². The maximum atomic E-state index is 11.8. The van der Waals surface area contributed by atoms with Crippen LogP contribution in [0.5, 0.6) is 0 Å². The minimum Gasteiger partial charge on any atom is -0.351 e. The third-order valence-corrected chi connectivity index (χ3v) is 3.51. The molecule has 0 spiro atoms. The fraction of sp³-hybridized carbons (Fsp3) is 0.462. The Morgan fingerprint density at radius 2 is 2.44 bits per heavy atom. The molecule has 0 radical (unpaired) electrons. The van der Waals surface area contributed by atoms with E-state index in [1.54, 1.807) is 6.08 Å². The summed E-state index contributed by atoms with van der Waals surface area (Å²) < 4.78 is 0. The highest BCUT2D eigenvalue weighted by Crippen LogP contribution is 2.29. The van der Waals surface area contributed by atoms with Gasteiger partial charge < -0.3 is 11.1 Å². The molecule has 1 aliphatic carbocycles. The number of hydrogen-bond acceptors (Lipinski definition) is 2. The zero-order chi connectivity index (χ0) is 11.8. The van der Waals surface area contributed by atoms with Crippen molar-refractivity contribution in [2.45, 2.75) is 31.3 Å². The van der Waals surface area contributed by atoms with Crippen molar-refractivity contribution in [1.82, 2.24) is 5.32 Å². The molecule has 1 aliphatic heterocycles. The molecule has 3 N–H and O–H groups in total. The number of rotatable bonds is 1. The van der Waals surface area contributed by atoms with E-state index in [1.807, 2.05) is 18.2 Å². The van der Waals surface area contributed by atoms with Crippen LogP contribution < -0.4 is 11.1 Å². The topological polar surface area (TPSA) is 55.1 Å². The average Bonchev–Trinajstić information content (AvgIpc) is 2.55. The van der Waals surface area contributed by atoms with Crippen LogP contribution in [-0.4, -0.2) is 17.5 Å². The Balaban J connectivity index is 2.35. The van der Waals surface area contributed by atoms with Gasteiger partial charge in [0.25, 0.3) is 0 Å². The molecule has 2 rings (SSSR count). The fourth-order valence-corrected chi connectivity index (χ4v) is 2.37. The first-order valence-corrected chi connectivity index (χ1v) is 5.66. The van der Waals surface area contributed by atoms with E-state index in [9.17, 15) is 4.79 Å². The third kappa shape index (κ3) is 1.83. The highest BCUT2D eigenvalue weighted by Gasteiger charge is 2.43. The van der Waals surface area contributed by atoms with E-state index < -0.39 is 5.54 Å². The Labute approximate surface area is 96.1 Å². The highest BCUT2D eigenvalue weighted by molar-refractivity contribution is 5.91. The van der Waals surface area contributed by atoms with Crippen LogP contribution in [0.15, 0.2) is 36.5 Å². The van der Waals surface area contributed by atoms with E-state index in [0.717, 1.165) is 6.42 Å². The number of carbonyl (C=O) groups is 1. The van der Waals surface area contributed by atoms with Crippen LogP contribution in [0, 0.1) is 5.92 Å². The van der Waals surface area contributed by atoms with Gasteiger partial charge in [-0.1, -0.05) is 37.8 Å². The lowest BCUT2D eigenvalue weighted by Crippen LogP contribution is -2.44. The van der Waals surface area contributed by atoms with Gasteiger partial charge in [0.15, 0.2) is 0 Å². The Morgan fingerprint density at radius 3 is 3.12 bits per heavy atom. The minimum absolute atomic E-state index is 0.0592. The first-order valence-electron chi connectivity index (χ1n) is 5.66. The summed E-state index contributed by atoms with van der Waals surface area (Å²) >= 11 is 0. The predicted molar refractivity (Wildman–Crippen MR) is 64.7 cm³/mol. The second kappa shape index (κ2) is 3.91. The predicted octanol–water partition coefficient (Wildman–Crippen LogP) is 1.28. The molecule has 0 saturated carbocycles. The largest absolute Gasteiger partial charge is 0.351 e. The van der Waals surface area contributed by atoms with E-state index in [1.165, 1.54) is 5.57 Å². The second-order valence-electron chi connectivity index (χ2n) is 4.81. The zero-order valence-electron chi connectivity index (χ0n) is 9.57. The van der Waals surface area contributed by atoms with Gasteiger partial charge in [-0.2, -0.15) is 0 Å². The first kappa shape index (κ1) is 11.1. The minimum atomic E-state index is -0.827. The van der Waals surface area contributed by atoms with Crippen molar-refractivity contribution in [3.63, 3.8) is 0 Å². The second-order valence-corrected chi connectivity index (χ2v) is 4.81. The van der Waals surface area contributed by atoms with Crippen LogP contribution in [0.3, 0.4) is 0 Å². The van der Waals surface area contributed by atoms with Crippen LogP contribution in [-0.2, 0) is 4.79 Å². The molecule has 2 unspecified atom stereocenters. The molecule has 2 bridgehead atoms. The van der Waals surface area contributed by atoms with Gasteiger partial charge in [-0.25, -0.2) is 0 Å². The Bertz CT molecular complexity index is 383. The number of nitrogens with two attached hydrogens (primary N) is 1. The third-order valence-electron chi connectivity index (χ3n) is 3.51. The van der Waals surface area contributed by atoms with Crippen molar-refractivity contribution < 1.29 is 4.79 Å². The molecule has 3 heteroatoms. The van der Waals surface area contributed by atoms with E-state index in [4.69, 9.17) is 5.73 Å². The number of hydrogen-bond donors (Lipinski definition) is 2. The van der Waals surface area contributed by atoms with Gasteiger partial charge in [0.1, 0.15) is 5.54 Å². The smallest absolute Gasteiger partial charge is 0.244 e. The van der Waals surface area contributed by atoms with Gasteiger partial charge in [-0.3, -0.25) is 4.79 Å². The molecule has 1 saturated heterocycles. The zero-order valence-corrected chi connectivity index (χ0v) is 9.57. The van der Waals surface area contributed by atoms with Crippen molar-refractivity contribution in [1.29, 1.82) is 0 Å². The van der Waals surface area contributed by atoms with Crippen molar-refractivity contribution in [2.75, 3.05) is 0 Å². The summed E-state index contributed by atoms with van der Waals surface area (Å²) in [5.41, 5.74) is 6.44. The Hall–Kier alpha value is -1.35. The first-order chi connectivity index (χ1) is 7.55. The Kier molecular flexibility index (Phi) is 2.72. The Morgan fingerprint density at radius 1 is 1.69 bits per heavy atom. The van der Waals surface area contributed by atoms with Crippen LogP contribution in [0.25, 0.3) is 0 Å². The number of allylic oxidation sites excluding steroid dienone is 4. The van der Waals surface area contributed by atoms with Crippen LogP contribution in [0.4, 0.5) is 0 Å². The average molecular weight is 218 g/mol. The monoisotopic (exact) mass is 218 g/mol. The summed E-state index contributed by atoms with van der Waals surface area (Å²) in [4.78, 5) is 11.8. The molecule has 1 heterocycles. The summed E-state index contributed by atoms with van der Waals surface area (Å²) in [6.45, 7) is 5.93. The van der Waals surface area contributed by atoms with Crippen molar-refractivity contribution >= 4 is 5.91 Å².